The van der Waals surface area contributed by atoms with E-state index in [1.54, 1.807) is 13.8 Å². The molecule has 2 atom stereocenters. The third-order valence-corrected chi connectivity index (χ3v) is 2.77. The third-order valence-electron chi connectivity index (χ3n) is 2.77. The number of rotatable bonds is 2. The highest BCUT2D eigenvalue weighted by Crippen LogP contribution is 2.12. The maximum Gasteiger partial charge on any atom is 0.158 e. The summed E-state index contributed by atoms with van der Waals surface area (Å²) in [7, 11) is 0. The van der Waals surface area contributed by atoms with Crippen LogP contribution in [-0.4, -0.2) is 37.0 Å². The molecule has 0 saturated carbocycles. The second kappa shape index (κ2) is 6.76. The zero-order chi connectivity index (χ0) is 12.0. The molecule has 16 heavy (non-hydrogen) atoms. The molecule has 2 saturated heterocycles. The molecule has 0 aromatic carbocycles. The molecule has 0 amide bonds. The number of hydrogen-bond donors (Lipinski definition) is 0. The standard InChI is InChI=1S/2C6H10O2/c2*1-5(7)6-3-2-4-8-6/h2*6H,2-4H2,1H3. The van der Waals surface area contributed by atoms with E-state index in [2.05, 4.69) is 0 Å². The quantitative estimate of drug-likeness (QED) is 0.719. The molecule has 2 rings (SSSR count). The monoisotopic (exact) mass is 228 g/mol. The van der Waals surface area contributed by atoms with Gasteiger partial charge in [0.15, 0.2) is 11.6 Å². The second-order valence-corrected chi connectivity index (χ2v) is 4.22. The number of ether oxygens (including phenoxy) is 2. The molecule has 0 spiro atoms. The first-order valence-corrected chi connectivity index (χ1v) is 5.85. The highest BCUT2D eigenvalue weighted by molar-refractivity contribution is 5.80. The Balaban J connectivity index is 0.000000160. The Kier molecular flexibility index (Phi) is 5.63. The summed E-state index contributed by atoms with van der Waals surface area (Å²) in [5, 5.41) is 0. The molecule has 2 fully saturated rings. The van der Waals surface area contributed by atoms with Crippen molar-refractivity contribution in [1.29, 1.82) is 0 Å². The van der Waals surface area contributed by atoms with Crippen LogP contribution in [0.4, 0.5) is 0 Å². The van der Waals surface area contributed by atoms with Gasteiger partial charge in [0.25, 0.3) is 0 Å². The van der Waals surface area contributed by atoms with Crippen LogP contribution in [0.3, 0.4) is 0 Å². The predicted molar refractivity (Wildman–Crippen MR) is 59.3 cm³/mol. The molecular formula is C12H20O4. The van der Waals surface area contributed by atoms with Crippen molar-refractivity contribution in [2.45, 2.75) is 51.7 Å². The highest BCUT2D eigenvalue weighted by Gasteiger charge is 2.19. The predicted octanol–water partition coefficient (Wildman–Crippen LogP) is 1.51. The molecule has 0 radical (unpaired) electrons. The molecule has 0 aromatic heterocycles. The van der Waals surface area contributed by atoms with Gasteiger partial charge in [-0.15, -0.1) is 0 Å². The molecule has 0 aliphatic carbocycles. The van der Waals surface area contributed by atoms with Crippen molar-refractivity contribution < 1.29 is 19.1 Å². The number of ketones is 2. The van der Waals surface area contributed by atoms with E-state index in [0.29, 0.717) is 0 Å². The van der Waals surface area contributed by atoms with Gasteiger partial charge in [0, 0.05) is 13.2 Å². The lowest BCUT2D eigenvalue weighted by Crippen LogP contribution is -2.14. The minimum atomic E-state index is -0.0741. The van der Waals surface area contributed by atoms with Crippen molar-refractivity contribution in [3.05, 3.63) is 0 Å². The minimum absolute atomic E-state index is 0.0741. The molecule has 0 bridgehead atoms. The maximum absolute atomic E-state index is 10.5. The van der Waals surface area contributed by atoms with E-state index in [9.17, 15) is 9.59 Å². The van der Waals surface area contributed by atoms with Gasteiger partial charge in [-0.05, 0) is 39.5 Å². The largest absolute Gasteiger partial charge is 0.370 e. The summed E-state index contributed by atoms with van der Waals surface area (Å²) in [5.41, 5.74) is 0. The Morgan fingerprint density at radius 3 is 1.38 bits per heavy atom. The molecular weight excluding hydrogens is 208 g/mol. The molecule has 2 aliphatic rings. The normalized spacial score (nSPS) is 28.4. The fraction of sp³-hybridized carbons (Fsp3) is 0.833. The Morgan fingerprint density at radius 1 is 0.875 bits per heavy atom. The van der Waals surface area contributed by atoms with Gasteiger partial charge < -0.3 is 9.47 Å². The van der Waals surface area contributed by atoms with Crippen LogP contribution in [0.25, 0.3) is 0 Å². The van der Waals surface area contributed by atoms with Gasteiger partial charge in [-0.1, -0.05) is 0 Å². The van der Waals surface area contributed by atoms with Gasteiger partial charge in [-0.2, -0.15) is 0 Å². The Labute approximate surface area is 96.3 Å². The summed E-state index contributed by atoms with van der Waals surface area (Å²) in [4.78, 5) is 21.0. The lowest BCUT2D eigenvalue weighted by atomic mass is 10.2. The summed E-state index contributed by atoms with van der Waals surface area (Å²) < 4.78 is 10.1. The van der Waals surface area contributed by atoms with E-state index >= 15 is 0 Å². The van der Waals surface area contributed by atoms with Crippen LogP contribution in [0.2, 0.25) is 0 Å². The van der Waals surface area contributed by atoms with E-state index in [0.717, 1.165) is 38.9 Å². The first-order chi connectivity index (χ1) is 7.61. The first kappa shape index (κ1) is 13.3. The summed E-state index contributed by atoms with van der Waals surface area (Å²) >= 11 is 0. The first-order valence-electron chi connectivity index (χ1n) is 5.85. The molecule has 0 aromatic rings. The molecule has 4 heteroatoms. The highest BCUT2D eigenvalue weighted by atomic mass is 16.5. The summed E-state index contributed by atoms with van der Waals surface area (Å²) in [6.45, 7) is 4.69. The van der Waals surface area contributed by atoms with Crippen molar-refractivity contribution >= 4 is 11.6 Å². The lowest BCUT2D eigenvalue weighted by molar-refractivity contribution is -0.126. The van der Waals surface area contributed by atoms with Crippen LogP contribution in [-0.2, 0) is 19.1 Å². The lowest BCUT2D eigenvalue weighted by Gasteiger charge is -2.00. The Bertz CT molecular complexity index is 211. The average molecular weight is 228 g/mol. The van der Waals surface area contributed by atoms with Gasteiger partial charge in [-0.25, -0.2) is 0 Å². The number of carbonyl (C=O) groups is 2. The van der Waals surface area contributed by atoms with Crippen molar-refractivity contribution in [2.24, 2.45) is 0 Å². The second-order valence-electron chi connectivity index (χ2n) is 4.22. The third kappa shape index (κ3) is 4.41. The van der Waals surface area contributed by atoms with Gasteiger partial charge in [0.05, 0.1) is 0 Å². The van der Waals surface area contributed by atoms with Gasteiger partial charge in [-0.3, -0.25) is 9.59 Å². The number of Topliss-reactive ketones (excluding diaryl/α,β-unsaturated/α-hetero) is 2. The molecule has 2 aliphatic heterocycles. The molecule has 0 N–H and O–H groups in total. The summed E-state index contributed by atoms with van der Waals surface area (Å²) in [6.07, 6.45) is 3.80. The van der Waals surface area contributed by atoms with E-state index in [4.69, 9.17) is 9.47 Å². The number of carbonyl (C=O) groups excluding carboxylic acids is 2. The van der Waals surface area contributed by atoms with Crippen LogP contribution in [0.5, 0.6) is 0 Å². The van der Waals surface area contributed by atoms with Crippen molar-refractivity contribution in [3.8, 4) is 0 Å². The van der Waals surface area contributed by atoms with E-state index < -0.39 is 0 Å². The van der Waals surface area contributed by atoms with Crippen LogP contribution in [0.1, 0.15) is 39.5 Å². The van der Waals surface area contributed by atoms with Crippen LogP contribution in [0.15, 0.2) is 0 Å². The minimum Gasteiger partial charge on any atom is -0.370 e. The van der Waals surface area contributed by atoms with Crippen molar-refractivity contribution in [1.82, 2.24) is 0 Å². The van der Waals surface area contributed by atoms with Crippen molar-refractivity contribution in [2.75, 3.05) is 13.2 Å². The summed E-state index contributed by atoms with van der Waals surface area (Å²) in [6, 6.07) is 0. The van der Waals surface area contributed by atoms with Crippen molar-refractivity contribution in [3.63, 3.8) is 0 Å². The Morgan fingerprint density at radius 2 is 1.25 bits per heavy atom. The SMILES string of the molecule is CC(=O)C1CCCO1.CC(=O)C1CCCO1. The average Bonchev–Trinajstić information content (AvgIpc) is 2.93. The van der Waals surface area contributed by atoms with E-state index in [1.807, 2.05) is 0 Å². The smallest absolute Gasteiger partial charge is 0.158 e. The molecule has 4 nitrogen and oxygen atoms in total. The van der Waals surface area contributed by atoms with Crippen LogP contribution >= 0.6 is 0 Å². The fourth-order valence-corrected chi connectivity index (χ4v) is 1.80. The topological polar surface area (TPSA) is 52.6 Å². The van der Waals surface area contributed by atoms with Crippen LogP contribution < -0.4 is 0 Å². The van der Waals surface area contributed by atoms with Gasteiger partial charge in [0.1, 0.15) is 12.2 Å². The number of hydrogen-bond acceptors (Lipinski definition) is 4. The fourth-order valence-electron chi connectivity index (χ4n) is 1.80. The molecule has 2 heterocycles. The van der Waals surface area contributed by atoms with E-state index in [-0.39, 0.29) is 23.8 Å². The summed E-state index contributed by atoms with van der Waals surface area (Å²) in [5.74, 6) is 0.338. The van der Waals surface area contributed by atoms with Crippen LogP contribution in [0, 0.1) is 0 Å². The van der Waals surface area contributed by atoms with Gasteiger partial charge in [0.2, 0.25) is 0 Å². The molecule has 2 unspecified atom stereocenters. The van der Waals surface area contributed by atoms with E-state index in [1.165, 1.54) is 0 Å². The Hall–Kier alpha value is -0.740. The maximum atomic E-state index is 10.5. The zero-order valence-corrected chi connectivity index (χ0v) is 10.0. The van der Waals surface area contributed by atoms with Gasteiger partial charge >= 0.3 is 0 Å². The zero-order valence-electron chi connectivity index (χ0n) is 10.0. The molecule has 92 valence electrons.